The maximum absolute atomic E-state index is 13.6. The molecule has 0 unspecified atom stereocenters. The van der Waals surface area contributed by atoms with Crippen molar-refractivity contribution in [3.05, 3.63) is 53.1 Å². The number of benzene rings is 2. The smallest absolute Gasteiger partial charge is 0.238 e. The molecule has 0 fully saturated rings. The SMILES string of the molecule is C=C(C)[C@H]1Cc2c(ccc3c2O[C@H]2[C@@H](O)Oc4cc(OC)c(OC)cc4[C@]2(O)C3=O)O1. The van der Waals surface area contributed by atoms with Gasteiger partial charge in [0.05, 0.1) is 19.8 Å². The average molecular weight is 426 g/mol. The molecule has 0 radical (unpaired) electrons. The van der Waals surface area contributed by atoms with E-state index in [9.17, 15) is 15.0 Å². The molecule has 8 nitrogen and oxygen atoms in total. The van der Waals surface area contributed by atoms with Crippen LogP contribution in [-0.4, -0.2) is 48.7 Å². The minimum absolute atomic E-state index is 0.108. The van der Waals surface area contributed by atoms with Crippen LogP contribution in [0.2, 0.25) is 0 Å². The molecule has 162 valence electrons. The lowest BCUT2D eigenvalue weighted by Crippen LogP contribution is -2.61. The predicted octanol–water partition coefficient (Wildman–Crippen LogP) is 2.13. The highest BCUT2D eigenvalue weighted by molar-refractivity contribution is 6.07. The van der Waals surface area contributed by atoms with Crippen molar-refractivity contribution in [2.24, 2.45) is 0 Å². The molecule has 0 saturated carbocycles. The first-order valence-corrected chi connectivity index (χ1v) is 9.82. The zero-order valence-corrected chi connectivity index (χ0v) is 17.3. The maximum atomic E-state index is 13.6. The molecule has 31 heavy (non-hydrogen) atoms. The summed E-state index contributed by atoms with van der Waals surface area (Å²) in [5.74, 6) is 1.02. The molecular weight excluding hydrogens is 404 g/mol. The molecule has 0 aliphatic carbocycles. The Balaban J connectivity index is 1.67. The van der Waals surface area contributed by atoms with Crippen LogP contribution in [0.3, 0.4) is 0 Å². The number of hydrogen-bond donors (Lipinski definition) is 2. The maximum Gasteiger partial charge on any atom is 0.238 e. The van der Waals surface area contributed by atoms with Crippen molar-refractivity contribution in [2.45, 2.75) is 37.4 Å². The molecule has 8 heteroatoms. The summed E-state index contributed by atoms with van der Waals surface area (Å²) in [5, 5.41) is 22.3. The standard InChI is InChI=1S/C23H22O8/c1-10(2)15-7-12-14(29-15)6-5-11-19(12)31-21-22(25)30-16-9-18(28-4)17(27-3)8-13(16)23(21,26)20(11)24/h5-6,8-9,15,21-22,25-26H,1,7H2,2-4H3/t15-,21+,22+,23+/m1/s1. The highest BCUT2D eigenvalue weighted by Gasteiger charge is 2.60. The number of ketones is 1. The van der Waals surface area contributed by atoms with Gasteiger partial charge in [0, 0.05) is 23.6 Å². The Bertz CT molecular complexity index is 1120. The number of carbonyl (C=O) groups is 1. The van der Waals surface area contributed by atoms with Gasteiger partial charge in [-0.1, -0.05) is 6.58 Å². The van der Waals surface area contributed by atoms with Crippen LogP contribution < -0.4 is 23.7 Å². The summed E-state index contributed by atoms with van der Waals surface area (Å²) >= 11 is 0. The van der Waals surface area contributed by atoms with E-state index in [-0.39, 0.29) is 28.7 Å². The number of Topliss-reactive ketones (excluding diaryl/α,β-unsaturated/α-hetero) is 1. The van der Waals surface area contributed by atoms with Crippen LogP contribution in [-0.2, 0) is 12.0 Å². The van der Waals surface area contributed by atoms with E-state index in [4.69, 9.17) is 23.7 Å². The highest BCUT2D eigenvalue weighted by atomic mass is 16.6. The first-order valence-electron chi connectivity index (χ1n) is 9.82. The Morgan fingerprint density at radius 3 is 2.52 bits per heavy atom. The van der Waals surface area contributed by atoms with Crippen molar-refractivity contribution in [2.75, 3.05) is 14.2 Å². The Labute approximate surface area is 178 Å². The van der Waals surface area contributed by atoms with Crippen molar-refractivity contribution in [1.29, 1.82) is 0 Å². The van der Waals surface area contributed by atoms with Crippen molar-refractivity contribution in [3.63, 3.8) is 0 Å². The molecule has 2 aromatic carbocycles. The Morgan fingerprint density at radius 2 is 1.84 bits per heavy atom. The molecule has 4 atom stereocenters. The molecule has 0 amide bonds. The summed E-state index contributed by atoms with van der Waals surface area (Å²) in [5.41, 5.74) is -0.294. The van der Waals surface area contributed by atoms with E-state index in [1.807, 2.05) is 6.92 Å². The highest BCUT2D eigenvalue weighted by Crippen LogP contribution is 2.52. The first kappa shape index (κ1) is 19.7. The second-order valence-corrected chi connectivity index (χ2v) is 7.92. The van der Waals surface area contributed by atoms with Gasteiger partial charge in [-0.05, 0) is 30.7 Å². The van der Waals surface area contributed by atoms with Crippen molar-refractivity contribution in [1.82, 2.24) is 0 Å². The third-order valence-electron chi connectivity index (χ3n) is 6.08. The number of carbonyl (C=O) groups excluding carboxylic acids is 1. The number of fused-ring (bicyclic) bond motifs is 6. The summed E-state index contributed by atoms with van der Waals surface area (Å²) in [4.78, 5) is 13.6. The summed E-state index contributed by atoms with van der Waals surface area (Å²) in [6.45, 7) is 5.80. The Hall–Kier alpha value is -3.23. The van der Waals surface area contributed by atoms with Gasteiger partial charge in [-0.15, -0.1) is 0 Å². The molecule has 2 N–H and O–H groups in total. The summed E-state index contributed by atoms with van der Waals surface area (Å²) in [7, 11) is 2.90. The number of aliphatic hydroxyl groups is 2. The predicted molar refractivity (Wildman–Crippen MR) is 108 cm³/mol. The van der Waals surface area contributed by atoms with Gasteiger partial charge in [-0.25, -0.2) is 0 Å². The van der Waals surface area contributed by atoms with Crippen molar-refractivity contribution >= 4 is 5.78 Å². The molecule has 2 aromatic rings. The van der Waals surface area contributed by atoms with Gasteiger partial charge in [-0.3, -0.25) is 4.79 Å². The van der Waals surface area contributed by atoms with E-state index >= 15 is 0 Å². The van der Waals surface area contributed by atoms with E-state index in [2.05, 4.69) is 6.58 Å². The molecule has 3 aliphatic heterocycles. The summed E-state index contributed by atoms with van der Waals surface area (Å²) in [6, 6.07) is 6.18. The minimum Gasteiger partial charge on any atom is -0.493 e. The van der Waals surface area contributed by atoms with Crippen LogP contribution in [0.5, 0.6) is 28.7 Å². The van der Waals surface area contributed by atoms with Crippen LogP contribution in [0.25, 0.3) is 0 Å². The number of methoxy groups -OCH3 is 2. The van der Waals surface area contributed by atoms with E-state index in [0.29, 0.717) is 29.2 Å². The molecule has 5 rings (SSSR count). The van der Waals surface area contributed by atoms with Gasteiger partial charge in [0.1, 0.15) is 23.4 Å². The Morgan fingerprint density at radius 1 is 1.13 bits per heavy atom. The van der Waals surface area contributed by atoms with Gasteiger partial charge in [0.25, 0.3) is 0 Å². The van der Waals surface area contributed by atoms with Crippen molar-refractivity contribution < 1.29 is 38.7 Å². The van der Waals surface area contributed by atoms with Crippen molar-refractivity contribution in [3.8, 4) is 28.7 Å². The van der Waals surface area contributed by atoms with Crippen LogP contribution in [0, 0.1) is 0 Å². The minimum atomic E-state index is -2.18. The van der Waals surface area contributed by atoms with Gasteiger partial charge in [0.15, 0.2) is 17.1 Å². The lowest BCUT2D eigenvalue weighted by molar-refractivity contribution is -0.179. The van der Waals surface area contributed by atoms with E-state index in [1.165, 1.54) is 26.4 Å². The van der Waals surface area contributed by atoms with Crippen LogP contribution in [0.4, 0.5) is 0 Å². The zero-order chi connectivity index (χ0) is 22.1. The lowest BCUT2D eigenvalue weighted by Gasteiger charge is -2.45. The summed E-state index contributed by atoms with van der Waals surface area (Å²) in [6.07, 6.45) is -2.73. The fourth-order valence-corrected chi connectivity index (χ4v) is 4.42. The number of aliphatic hydroxyl groups excluding tert-OH is 1. The van der Waals surface area contributed by atoms with Gasteiger partial charge < -0.3 is 33.9 Å². The van der Waals surface area contributed by atoms with Crippen LogP contribution >= 0.6 is 0 Å². The molecule has 0 saturated heterocycles. The largest absolute Gasteiger partial charge is 0.493 e. The number of rotatable bonds is 3. The van der Waals surface area contributed by atoms with Gasteiger partial charge in [-0.2, -0.15) is 0 Å². The fourth-order valence-electron chi connectivity index (χ4n) is 4.42. The molecular formula is C23H22O8. The van der Waals surface area contributed by atoms with Gasteiger partial charge >= 0.3 is 0 Å². The number of hydrogen-bond acceptors (Lipinski definition) is 8. The number of ether oxygens (including phenoxy) is 5. The molecule has 0 aromatic heterocycles. The zero-order valence-electron chi connectivity index (χ0n) is 17.3. The van der Waals surface area contributed by atoms with Crippen LogP contribution in [0.1, 0.15) is 28.4 Å². The molecule has 0 spiro atoms. The second kappa shape index (κ2) is 6.63. The molecule has 3 heterocycles. The Kier molecular flexibility index (Phi) is 4.22. The topological polar surface area (TPSA) is 104 Å². The molecule has 3 aliphatic rings. The van der Waals surface area contributed by atoms with E-state index in [1.54, 1.807) is 12.1 Å². The third-order valence-corrected chi connectivity index (χ3v) is 6.08. The quantitative estimate of drug-likeness (QED) is 0.720. The first-order chi connectivity index (χ1) is 14.8. The monoisotopic (exact) mass is 426 g/mol. The van der Waals surface area contributed by atoms with Crippen LogP contribution in [0.15, 0.2) is 36.4 Å². The fraction of sp³-hybridized carbons (Fsp3) is 0.348. The van der Waals surface area contributed by atoms with E-state index in [0.717, 1.165) is 5.57 Å². The van der Waals surface area contributed by atoms with E-state index < -0.39 is 23.8 Å². The lowest BCUT2D eigenvalue weighted by atomic mass is 9.76. The average Bonchev–Trinajstić information content (AvgIpc) is 3.20. The normalized spacial score (nSPS) is 27.5. The third kappa shape index (κ3) is 2.58. The van der Waals surface area contributed by atoms with Gasteiger partial charge in [0.2, 0.25) is 18.2 Å². The second-order valence-electron chi connectivity index (χ2n) is 7.92. The molecule has 0 bridgehead atoms. The summed E-state index contributed by atoms with van der Waals surface area (Å²) < 4.78 is 28.1.